The van der Waals surface area contributed by atoms with E-state index in [4.69, 9.17) is 10.00 Å². The molecule has 0 fully saturated rings. The molecule has 0 amide bonds. The highest BCUT2D eigenvalue weighted by Gasteiger charge is 2.29. The molecule has 0 unspecified atom stereocenters. The zero-order chi connectivity index (χ0) is 12.2. The van der Waals surface area contributed by atoms with Crippen molar-refractivity contribution < 1.29 is 9.53 Å². The van der Waals surface area contributed by atoms with E-state index in [-0.39, 0.29) is 6.61 Å². The lowest BCUT2D eigenvalue weighted by atomic mass is 9.96. The quantitative estimate of drug-likeness (QED) is 0.731. The molecule has 1 aromatic carbocycles. The van der Waals surface area contributed by atoms with E-state index in [0.717, 1.165) is 11.1 Å². The summed E-state index contributed by atoms with van der Waals surface area (Å²) in [5.41, 5.74) is 0.956. The number of aryl methyl sites for hydroxylation is 1. The van der Waals surface area contributed by atoms with Gasteiger partial charge in [-0.1, -0.05) is 24.3 Å². The Kier molecular flexibility index (Phi) is 3.68. The molecule has 0 saturated heterocycles. The third kappa shape index (κ3) is 2.83. The third-order valence-electron chi connectivity index (χ3n) is 2.41. The van der Waals surface area contributed by atoms with Gasteiger partial charge in [0.2, 0.25) is 0 Å². The second-order valence-electron chi connectivity index (χ2n) is 4.24. The van der Waals surface area contributed by atoms with Crippen LogP contribution in [0.5, 0.6) is 0 Å². The number of hydrogen-bond donors (Lipinski definition) is 0. The molecule has 0 atom stereocenters. The number of nitrogens with zero attached hydrogens (tertiary/aromatic N) is 1. The normalized spacial score (nSPS) is 10.6. The monoisotopic (exact) mass is 217 g/mol. The molecule has 16 heavy (non-hydrogen) atoms. The van der Waals surface area contributed by atoms with Crippen LogP contribution >= 0.6 is 0 Å². The second-order valence-corrected chi connectivity index (χ2v) is 4.24. The van der Waals surface area contributed by atoms with Gasteiger partial charge >= 0.3 is 5.97 Å². The number of carbonyl (C=O) groups is 1. The molecule has 0 aliphatic carbocycles. The van der Waals surface area contributed by atoms with Gasteiger partial charge in [-0.3, -0.25) is 4.79 Å². The Hall–Kier alpha value is -1.82. The molecule has 1 rings (SSSR count). The Morgan fingerprint density at radius 2 is 2.06 bits per heavy atom. The first-order valence-corrected chi connectivity index (χ1v) is 5.10. The molecule has 0 aliphatic heterocycles. The summed E-state index contributed by atoms with van der Waals surface area (Å²) in [6.45, 7) is 5.27. The standard InChI is InChI=1S/C13H15NO2/c1-10-6-4-5-7-11(10)8-16-12(15)13(2,3)9-14/h4-7H,8H2,1-3H3. The van der Waals surface area contributed by atoms with Crippen molar-refractivity contribution in [2.45, 2.75) is 27.4 Å². The molecule has 84 valence electrons. The zero-order valence-corrected chi connectivity index (χ0v) is 9.78. The van der Waals surface area contributed by atoms with Crippen LogP contribution in [-0.2, 0) is 16.1 Å². The fraction of sp³-hybridized carbons (Fsp3) is 0.385. The number of esters is 1. The lowest BCUT2D eigenvalue weighted by Crippen LogP contribution is -2.24. The number of benzene rings is 1. The Morgan fingerprint density at radius 3 is 2.62 bits per heavy atom. The molecule has 3 heteroatoms. The summed E-state index contributed by atoms with van der Waals surface area (Å²) in [6.07, 6.45) is 0. The largest absolute Gasteiger partial charge is 0.460 e. The molecule has 0 saturated carbocycles. The average molecular weight is 217 g/mol. The highest BCUT2D eigenvalue weighted by Crippen LogP contribution is 2.17. The lowest BCUT2D eigenvalue weighted by Gasteiger charge is -2.14. The lowest BCUT2D eigenvalue weighted by molar-refractivity contribution is -0.152. The maximum Gasteiger partial charge on any atom is 0.326 e. The van der Waals surface area contributed by atoms with Gasteiger partial charge in [0.25, 0.3) is 0 Å². The van der Waals surface area contributed by atoms with E-state index in [1.165, 1.54) is 0 Å². The van der Waals surface area contributed by atoms with Crippen LogP contribution in [0.2, 0.25) is 0 Å². The Balaban J connectivity index is 2.64. The van der Waals surface area contributed by atoms with Crippen molar-refractivity contribution in [2.75, 3.05) is 0 Å². The van der Waals surface area contributed by atoms with Crippen molar-refractivity contribution in [1.82, 2.24) is 0 Å². The van der Waals surface area contributed by atoms with Crippen molar-refractivity contribution >= 4 is 5.97 Å². The van der Waals surface area contributed by atoms with E-state index in [0.29, 0.717) is 0 Å². The van der Waals surface area contributed by atoms with E-state index in [1.54, 1.807) is 13.8 Å². The summed E-state index contributed by atoms with van der Waals surface area (Å²) in [7, 11) is 0. The van der Waals surface area contributed by atoms with E-state index in [1.807, 2.05) is 37.3 Å². The molecule has 0 radical (unpaired) electrons. The van der Waals surface area contributed by atoms with Gasteiger partial charge in [0.05, 0.1) is 6.07 Å². The summed E-state index contributed by atoms with van der Waals surface area (Å²) in [5, 5.41) is 8.77. The topological polar surface area (TPSA) is 50.1 Å². The van der Waals surface area contributed by atoms with Crippen molar-refractivity contribution in [3.05, 3.63) is 35.4 Å². The number of ether oxygens (including phenoxy) is 1. The predicted molar refractivity (Wildman–Crippen MR) is 60.4 cm³/mol. The van der Waals surface area contributed by atoms with Crippen LogP contribution in [0.3, 0.4) is 0 Å². The zero-order valence-electron chi connectivity index (χ0n) is 9.78. The van der Waals surface area contributed by atoms with E-state index < -0.39 is 11.4 Å². The second kappa shape index (κ2) is 4.80. The summed E-state index contributed by atoms with van der Waals surface area (Å²) < 4.78 is 5.10. The summed E-state index contributed by atoms with van der Waals surface area (Å²) in [6, 6.07) is 9.60. The first kappa shape index (κ1) is 12.3. The van der Waals surface area contributed by atoms with Crippen molar-refractivity contribution in [2.24, 2.45) is 5.41 Å². The Morgan fingerprint density at radius 1 is 1.44 bits per heavy atom. The van der Waals surface area contributed by atoms with Gasteiger partial charge in [0, 0.05) is 0 Å². The molecule has 0 heterocycles. The molecular formula is C13H15NO2. The highest BCUT2D eigenvalue weighted by molar-refractivity contribution is 5.78. The van der Waals surface area contributed by atoms with E-state index in [9.17, 15) is 4.79 Å². The van der Waals surface area contributed by atoms with Gasteiger partial charge in [0.1, 0.15) is 12.0 Å². The van der Waals surface area contributed by atoms with Crippen LogP contribution < -0.4 is 0 Å². The maximum atomic E-state index is 11.5. The number of rotatable bonds is 3. The SMILES string of the molecule is Cc1ccccc1COC(=O)C(C)(C)C#N. The molecule has 0 aromatic heterocycles. The molecule has 1 aromatic rings. The van der Waals surface area contributed by atoms with E-state index in [2.05, 4.69) is 0 Å². The summed E-state index contributed by atoms with van der Waals surface area (Å²) >= 11 is 0. The van der Waals surface area contributed by atoms with Crippen LogP contribution in [0.1, 0.15) is 25.0 Å². The number of carbonyl (C=O) groups excluding carboxylic acids is 1. The molecule has 0 spiro atoms. The van der Waals surface area contributed by atoms with Gasteiger partial charge in [0.15, 0.2) is 0 Å². The minimum absolute atomic E-state index is 0.219. The fourth-order valence-corrected chi connectivity index (χ4v) is 1.14. The molecule has 0 aliphatic rings. The predicted octanol–water partition coefficient (Wildman–Crippen LogP) is 2.59. The van der Waals surface area contributed by atoms with Crippen LogP contribution in [0, 0.1) is 23.7 Å². The average Bonchev–Trinajstić information content (AvgIpc) is 2.27. The first-order valence-electron chi connectivity index (χ1n) is 5.10. The van der Waals surface area contributed by atoms with E-state index >= 15 is 0 Å². The van der Waals surface area contributed by atoms with Gasteiger partial charge in [-0.15, -0.1) is 0 Å². The molecule has 0 N–H and O–H groups in total. The summed E-state index contributed by atoms with van der Waals surface area (Å²) in [5.74, 6) is -0.488. The molecule has 3 nitrogen and oxygen atoms in total. The fourth-order valence-electron chi connectivity index (χ4n) is 1.14. The van der Waals surface area contributed by atoms with Crippen molar-refractivity contribution in [1.29, 1.82) is 5.26 Å². The van der Waals surface area contributed by atoms with Gasteiger partial charge in [-0.05, 0) is 31.9 Å². The highest BCUT2D eigenvalue weighted by atomic mass is 16.5. The van der Waals surface area contributed by atoms with Crippen LogP contribution in [0.4, 0.5) is 0 Å². The van der Waals surface area contributed by atoms with Gasteiger partial charge in [-0.25, -0.2) is 0 Å². The van der Waals surface area contributed by atoms with Crippen LogP contribution in [0.15, 0.2) is 24.3 Å². The van der Waals surface area contributed by atoms with Gasteiger partial charge in [-0.2, -0.15) is 5.26 Å². The Labute approximate surface area is 95.7 Å². The van der Waals surface area contributed by atoms with Crippen LogP contribution in [-0.4, -0.2) is 5.97 Å². The number of nitriles is 1. The van der Waals surface area contributed by atoms with Gasteiger partial charge < -0.3 is 4.74 Å². The number of hydrogen-bond acceptors (Lipinski definition) is 3. The maximum absolute atomic E-state index is 11.5. The smallest absolute Gasteiger partial charge is 0.326 e. The molecular weight excluding hydrogens is 202 g/mol. The minimum Gasteiger partial charge on any atom is -0.460 e. The van der Waals surface area contributed by atoms with Crippen molar-refractivity contribution in [3.63, 3.8) is 0 Å². The van der Waals surface area contributed by atoms with Crippen LogP contribution in [0.25, 0.3) is 0 Å². The Bertz CT molecular complexity index is 430. The third-order valence-corrected chi connectivity index (χ3v) is 2.41. The minimum atomic E-state index is -1.08. The molecule has 0 bridgehead atoms. The summed E-state index contributed by atoms with van der Waals surface area (Å²) in [4.78, 5) is 11.5. The first-order chi connectivity index (χ1) is 7.47. The van der Waals surface area contributed by atoms with Crippen molar-refractivity contribution in [3.8, 4) is 6.07 Å².